The van der Waals surface area contributed by atoms with Gasteiger partial charge in [0.25, 0.3) is 0 Å². The molecule has 4 rings (SSSR count). The number of likely N-dealkylation sites (tertiary alicyclic amines) is 1. The number of hydrogen-bond acceptors (Lipinski definition) is 3. The first-order valence-electron chi connectivity index (χ1n) is 9.03. The smallest absolute Gasteiger partial charge is 0.310 e. The number of carbonyl (C=O) groups excluding carboxylic acids is 1. The van der Waals surface area contributed by atoms with Crippen LogP contribution in [-0.2, 0) is 20.7 Å². The van der Waals surface area contributed by atoms with Crippen LogP contribution < -0.4 is 0 Å². The minimum absolute atomic E-state index is 0.0533. The zero-order valence-corrected chi connectivity index (χ0v) is 14.1. The lowest BCUT2D eigenvalue weighted by Crippen LogP contribution is -2.47. The van der Waals surface area contributed by atoms with Gasteiger partial charge in [-0.15, -0.1) is 0 Å². The van der Waals surface area contributed by atoms with Gasteiger partial charge >= 0.3 is 5.97 Å². The van der Waals surface area contributed by atoms with Crippen molar-refractivity contribution in [3.8, 4) is 0 Å². The summed E-state index contributed by atoms with van der Waals surface area (Å²) >= 11 is 0. The zero-order valence-electron chi connectivity index (χ0n) is 14.1. The first-order chi connectivity index (χ1) is 12.1. The number of carboxylic acids is 1. The quantitative estimate of drug-likeness (QED) is 0.852. The lowest BCUT2D eigenvalue weighted by Gasteiger charge is -2.35. The van der Waals surface area contributed by atoms with E-state index in [9.17, 15) is 14.7 Å². The number of aliphatic carboxylic acids is 1. The second-order valence-corrected chi connectivity index (χ2v) is 7.30. The van der Waals surface area contributed by atoms with Crippen LogP contribution in [0.2, 0.25) is 0 Å². The van der Waals surface area contributed by atoms with Crippen molar-refractivity contribution in [1.82, 2.24) is 4.90 Å². The summed E-state index contributed by atoms with van der Waals surface area (Å²) in [6.07, 6.45) is 5.77. The molecule has 25 heavy (non-hydrogen) atoms. The van der Waals surface area contributed by atoms with Crippen molar-refractivity contribution < 1.29 is 19.4 Å². The first kappa shape index (κ1) is 16.3. The van der Waals surface area contributed by atoms with Crippen LogP contribution in [0.4, 0.5) is 0 Å². The summed E-state index contributed by atoms with van der Waals surface area (Å²) in [6.45, 7) is 1.42. The standard InChI is InChI=1S/C20H23NO4/c22-19(17-15-6-7-16(25-15)18(17)20(23)24)21-10-8-14(9-11-21)12-13-4-2-1-3-5-13/h1-7,14-18H,8-12H2,(H,23,24)/t15-,16-,17+,18-/m1/s1. The Bertz CT molecular complexity index is 678. The number of rotatable bonds is 4. The van der Waals surface area contributed by atoms with E-state index in [0.29, 0.717) is 19.0 Å². The number of amides is 1. The highest BCUT2D eigenvalue weighted by Gasteiger charge is 2.54. The third-order valence-electron chi connectivity index (χ3n) is 5.76. The Balaban J connectivity index is 1.37. The van der Waals surface area contributed by atoms with E-state index in [1.165, 1.54) is 5.56 Å². The van der Waals surface area contributed by atoms with Crippen LogP contribution in [0.3, 0.4) is 0 Å². The zero-order chi connectivity index (χ0) is 17.4. The lowest BCUT2D eigenvalue weighted by atomic mass is 9.81. The van der Waals surface area contributed by atoms with Crippen LogP contribution in [-0.4, -0.2) is 47.2 Å². The van der Waals surface area contributed by atoms with Crippen molar-refractivity contribution in [1.29, 1.82) is 0 Å². The Labute approximate surface area is 147 Å². The number of nitrogens with zero attached hydrogens (tertiary/aromatic N) is 1. The average Bonchev–Trinajstić information content (AvgIpc) is 3.24. The third-order valence-corrected chi connectivity index (χ3v) is 5.76. The van der Waals surface area contributed by atoms with E-state index in [2.05, 4.69) is 24.3 Å². The Kier molecular flexibility index (Phi) is 4.34. The Morgan fingerprint density at radius 1 is 1.04 bits per heavy atom. The predicted octanol–water partition coefficient (Wildman–Crippen LogP) is 2.12. The maximum Gasteiger partial charge on any atom is 0.310 e. The topological polar surface area (TPSA) is 66.8 Å². The maximum absolute atomic E-state index is 12.9. The van der Waals surface area contributed by atoms with Crippen molar-refractivity contribution in [2.24, 2.45) is 17.8 Å². The molecule has 0 aromatic heterocycles. The fourth-order valence-corrected chi connectivity index (χ4v) is 4.41. The van der Waals surface area contributed by atoms with Crippen molar-refractivity contribution in [2.45, 2.75) is 31.5 Å². The van der Waals surface area contributed by atoms with Crippen LogP contribution in [0.15, 0.2) is 42.5 Å². The summed E-state index contributed by atoms with van der Waals surface area (Å²) in [5.41, 5.74) is 1.34. The summed E-state index contributed by atoms with van der Waals surface area (Å²) in [6, 6.07) is 10.4. The van der Waals surface area contributed by atoms with Crippen LogP contribution in [0.25, 0.3) is 0 Å². The molecule has 5 nitrogen and oxygen atoms in total. The van der Waals surface area contributed by atoms with Gasteiger partial charge in [-0.05, 0) is 30.7 Å². The SMILES string of the molecule is O=C(O)[C@H]1[C@@H](C(=O)N2CCC(Cc3ccccc3)CC2)[C@H]2C=C[C@H]1O2. The molecule has 1 aromatic rings. The summed E-state index contributed by atoms with van der Waals surface area (Å²) in [4.78, 5) is 26.3. The van der Waals surface area contributed by atoms with E-state index >= 15 is 0 Å². The second-order valence-electron chi connectivity index (χ2n) is 7.30. The molecular weight excluding hydrogens is 318 g/mol. The predicted molar refractivity (Wildman–Crippen MR) is 91.9 cm³/mol. The Morgan fingerprint density at radius 3 is 2.32 bits per heavy atom. The van der Waals surface area contributed by atoms with E-state index in [0.717, 1.165) is 19.3 Å². The van der Waals surface area contributed by atoms with Crippen LogP contribution in [0.1, 0.15) is 18.4 Å². The molecular formula is C20H23NO4. The molecule has 132 valence electrons. The van der Waals surface area contributed by atoms with Gasteiger partial charge in [0.1, 0.15) is 5.92 Å². The molecule has 1 aromatic carbocycles. The summed E-state index contributed by atoms with van der Waals surface area (Å²) < 4.78 is 5.63. The van der Waals surface area contributed by atoms with Gasteiger partial charge in [0.2, 0.25) is 5.91 Å². The maximum atomic E-state index is 12.9. The molecule has 3 aliphatic heterocycles. The van der Waals surface area contributed by atoms with Crippen molar-refractivity contribution in [3.63, 3.8) is 0 Å². The van der Waals surface area contributed by atoms with Gasteiger partial charge in [-0.1, -0.05) is 42.5 Å². The molecule has 0 saturated carbocycles. The number of hydrogen-bond donors (Lipinski definition) is 1. The molecule has 2 fully saturated rings. The van der Waals surface area contributed by atoms with Gasteiger partial charge in [0, 0.05) is 13.1 Å². The van der Waals surface area contributed by atoms with Crippen LogP contribution in [0, 0.1) is 17.8 Å². The highest BCUT2D eigenvalue weighted by molar-refractivity contribution is 5.87. The van der Waals surface area contributed by atoms with E-state index in [1.807, 2.05) is 17.0 Å². The van der Waals surface area contributed by atoms with Gasteiger partial charge in [-0.25, -0.2) is 0 Å². The fourth-order valence-electron chi connectivity index (χ4n) is 4.41. The number of carbonyl (C=O) groups is 2. The normalized spacial score (nSPS) is 31.4. The second kappa shape index (κ2) is 6.64. The third kappa shape index (κ3) is 3.09. The molecule has 1 N–H and O–H groups in total. The molecule has 0 spiro atoms. The van der Waals surface area contributed by atoms with E-state index in [-0.39, 0.29) is 12.0 Å². The molecule has 3 heterocycles. The number of benzene rings is 1. The van der Waals surface area contributed by atoms with Crippen molar-refractivity contribution in [3.05, 3.63) is 48.0 Å². The summed E-state index contributed by atoms with van der Waals surface area (Å²) in [7, 11) is 0. The largest absolute Gasteiger partial charge is 0.481 e. The number of fused-ring (bicyclic) bond motifs is 2. The molecule has 1 amide bonds. The fraction of sp³-hybridized carbons (Fsp3) is 0.500. The average molecular weight is 341 g/mol. The van der Waals surface area contributed by atoms with Gasteiger partial charge < -0.3 is 14.7 Å². The molecule has 0 radical (unpaired) electrons. The minimum Gasteiger partial charge on any atom is -0.481 e. The number of ether oxygens (including phenoxy) is 1. The Morgan fingerprint density at radius 2 is 1.68 bits per heavy atom. The monoisotopic (exact) mass is 341 g/mol. The van der Waals surface area contributed by atoms with Crippen molar-refractivity contribution in [2.75, 3.05) is 13.1 Å². The number of carboxylic acid groups (broad SMARTS) is 1. The van der Waals surface area contributed by atoms with Crippen LogP contribution in [0.5, 0.6) is 0 Å². The molecule has 4 atom stereocenters. The summed E-state index contributed by atoms with van der Waals surface area (Å²) in [5.74, 6) is -1.72. The van der Waals surface area contributed by atoms with E-state index in [4.69, 9.17) is 4.74 Å². The molecule has 0 aliphatic carbocycles. The summed E-state index contributed by atoms with van der Waals surface area (Å²) in [5, 5.41) is 9.47. The molecule has 3 aliphatic rings. The van der Waals surface area contributed by atoms with E-state index in [1.54, 1.807) is 6.08 Å². The molecule has 2 bridgehead atoms. The lowest BCUT2D eigenvalue weighted by molar-refractivity contribution is -0.150. The Hall–Kier alpha value is -2.14. The van der Waals surface area contributed by atoms with Gasteiger partial charge in [0.15, 0.2) is 0 Å². The molecule has 0 unspecified atom stereocenters. The van der Waals surface area contributed by atoms with Crippen molar-refractivity contribution >= 4 is 11.9 Å². The highest BCUT2D eigenvalue weighted by Crippen LogP contribution is 2.40. The van der Waals surface area contributed by atoms with Crippen LogP contribution >= 0.6 is 0 Å². The van der Waals surface area contributed by atoms with Gasteiger partial charge in [0.05, 0.1) is 18.1 Å². The first-order valence-corrected chi connectivity index (χ1v) is 9.03. The van der Waals surface area contributed by atoms with Gasteiger partial charge in [-0.3, -0.25) is 9.59 Å². The van der Waals surface area contributed by atoms with Gasteiger partial charge in [-0.2, -0.15) is 0 Å². The highest BCUT2D eigenvalue weighted by atomic mass is 16.5. The molecule has 2 saturated heterocycles. The van der Waals surface area contributed by atoms with E-state index < -0.39 is 23.9 Å². The minimum atomic E-state index is -0.936. The number of piperidine rings is 1. The molecule has 5 heteroatoms.